The molecule has 0 aromatic heterocycles. The minimum Gasteiger partial charge on any atom is -0.506 e. The summed E-state index contributed by atoms with van der Waals surface area (Å²) in [7, 11) is 0. The highest BCUT2D eigenvalue weighted by atomic mass is 79.9. The number of carbonyl (C=O) groups is 2. The summed E-state index contributed by atoms with van der Waals surface area (Å²) in [4.78, 5) is 23.5. The summed E-state index contributed by atoms with van der Waals surface area (Å²) in [5, 5.41) is 22.1. The molecule has 2 rings (SSSR count). The van der Waals surface area contributed by atoms with Crippen molar-refractivity contribution in [2.75, 3.05) is 5.32 Å². The van der Waals surface area contributed by atoms with Crippen LogP contribution in [0.4, 0.5) is 10.5 Å². The smallest absolute Gasteiger partial charge is 0.412 e. The fourth-order valence-corrected chi connectivity index (χ4v) is 3.81. The van der Waals surface area contributed by atoms with Crippen LogP contribution in [0.25, 0.3) is 0 Å². The maximum atomic E-state index is 12.5. The number of ether oxygens (including phenoxy) is 1. The Kier molecular flexibility index (Phi) is 7.26. The van der Waals surface area contributed by atoms with Gasteiger partial charge in [-0.2, -0.15) is 0 Å². The summed E-state index contributed by atoms with van der Waals surface area (Å²) >= 11 is 6.62. The molecule has 0 aliphatic rings. The van der Waals surface area contributed by atoms with Crippen LogP contribution in [0.3, 0.4) is 0 Å². The van der Waals surface area contributed by atoms with Gasteiger partial charge in [-0.3, -0.25) is 5.32 Å². The Morgan fingerprint density at radius 2 is 1.82 bits per heavy atom. The maximum Gasteiger partial charge on any atom is 0.412 e. The first-order valence-corrected chi connectivity index (χ1v) is 9.81. The molecule has 0 heterocycles. The number of rotatable bonds is 6. The molecule has 0 spiro atoms. The Balaban J connectivity index is 2.42. The SMILES string of the molecule is CC(C)(/C=C/C(=O)O)[C@@H](OC(=O)Nc1ccccc1)c1cc(Br)cc(Br)c1O. The Morgan fingerprint density at radius 1 is 1.18 bits per heavy atom. The van der Waals surface area contributed by atoms with E-state index in [0.29, 0.717) is 20.2 Å². The van der Waals surface area contributed by atoms with Crippen molar-refractivity contribution >= 4 is 49.6 Å². The van der Waals surface area contributed by atoms with Crippen LogP contribution in [-0.4, -0.2) is 22.3 Å². The molecule has 0 fully saturated rings. The van der Waals surface area contributed by atoms with E-state index in [9.17, 15) is 14.7 Å². The molecule has 148 valence electrons. The largest absolute Gasteiger partial charge is 0.506 e. The molecule has 0 bridgehead atoms. The number of phenolic OH excluding ortho intramolecular Hbond substituents is 1. The number of aliphatic carboxylic acids is 1. The van der Waals surface area contributed by atoms with Gasteiger partial charge in [-0.15, -0.1) is 0 Å². The summed E-state index contributed by atoms with van der Waals surface area (Å²) in [6.45, 7) is 3.42. The van der Waals surface area contributed by atoms with Gasteiger partial charge < -0.3 is 14.9 Å². The third-order valence-electron chi connectivity index (χ3n) is 3.92. The van der Waals surface area contributed by atoms with Gasteiger partial charge in [0.2, 0.25) is 0 Å². The lowest BCUT2D eigenvalue weighted by atomic mass is 9.81. The molecule has 0 radical (unpaired) electrons. The normalized spacial score (nSPS) is 12.6. The number of anilines is 1. The van der Waals surface area contributed by atoms with Crippen molar-refractivity contribution in [3.63, 3.8) is 0 Å². The van der Waals surface area contributed by atoms with Gasteiger partial charge in [0.1, 0.15) is 11.9 Å². The zero-order chi connectivity index (χ0) is 20.9. The van der Waals surface area contributed by atoms with Crippen molar-refractivity contribution in [2.45, 2.75) is 20.0 Å². The Hall–Kier alpha value is -2.32. The fourth-order valence-electron chi connectivity index (χ4n) is 2.55. The van der Waals surface area contributed by atoms with Gasteiger partial charge in [0.05, 0.1) is 4.47 Å². The van der Waals surface area contributed by atoms with Crippen molar-refractivity contribution in [3.05, 3.63) is 69.1 Å². The number of halogens is 2. The predicted octanol–water partition coefficient (Wildman–Crippen LogP) is 5.87. The predicted molar refractivity (Wildman–Crippen MR) is 113 cm³/mol. The molecule has 1 amide bonds. The summed E-state index contributed by atoms with van der Waals surface area (Å²) in [6, 6.07) is 12.0. The lowest BCUT2D eigenvalue weighted by Gasteiger charge is -2.32. The van der Waals surface area contributed by atoms with Crippen LogP contribution < -0.4 is 5.32 Å². The van der Waals surface area contributed by atoms with Crippen LogP contribution in [0, 0.1) is 5.41 Å². The fraction of sp³-hybridized carbons (Fsp3) is 0.200. The van der Waals surface area contributed by atoms with Crippen molar-refractivity contribution in [3.8, 4) is 5.75 Å². The standard InChI is InChI=1S/C20H19Br2NO5/c1-20(2,9-8-16(24)25)18(14-10-12(21)11-15(22)17(14)26)28-19(27)23-13-6-4-3-5-7-13/h3-11,18,26H,1-2H3,(H,23,27)(H,24,25)/b9-8+/t18-/m0/s1. The number of para-hydroxylation sites is 1. The van der Waals surface area contributed by atoms with E-state index >= 15 is 0 Å². The second-order valence-electron chi connectivity index (χ2n) is 6.59. The quantitative estimate of drug-likeness (QED) is 0.420. The second kappa shape index (κ2) is 9.25. The van der Waals surface area contributed by atoms with Gasteiger partial charge in [-0.1, -0.05) is 54.1 Å². The van der Waals surface area contributed by atoms with Crippen LogP contribution in [0.5, 0.6) is 5.75 Å². The Morgan fingerprint density at radius 3 is 2.43 bits per heavy atom. The Labute approximate surface area is 179 Å². The number of hydrogen-bond acceptors (Lipinski definition) is 4. The molecule has 0 saturated carbocycles. The number of nitrogens with one attached hydrogen (secondary N) is 1. The monoisotopic (exact) mass is 511 g/mol. The minimum absolute atomic E-state index is 0.0995. The third kappa shape index (κ3) is 5.84. The van der Waals surface area contributed by atoms with E-state index in [-0.39, 0.29) is 5.75 Å². The summed E-state index contributed by atoms with van der Waals surface area (Å²) in [6.07, 6.45) is 0.698. The average molecular weight is 513 g/mol. The number of carbonyl (C=O) groups excluding carboxylic acids is 1. The molecule has 2 aromatic rings. The van der Waals surface area contributed by atoms with Gasteiger partial charge in [0.15, 0.2) is 0 Å². The van der Waals surface area contributed by atoms with E-state index in [4.69, 9.17) is 9.84 Å². The molecule has 8 heteroatoms. The summed E-state index contributed by atoms with van der Waals surface area (Å²) < 4.78 is 6.70. The second-order valence-corrected chi connectivity index (χ2v) is 8.36. The molecule has 3 N–H and O–H groups in total. The molecule has 0 saturated heterocycles. The number of amides is 1. The molecular formula is C20H19Br2NO5. The van der Waals surface area contributed by atoms with Crippen molar-refractivity contribution in [2.24, 2.45) is 5.41 Å². The average Bonchev–Trinajstić information content (AvgIpc) is 2.62. The number of carboxylic acids is 1. The van der Waals surface area contributed by atoms with Gasteiger partial charge in [-0.25, -0.2) is 9.59 Å². The molecule has 0 unspecified atom stereocenters. The summed E-state index contributed by atoms with van der Waals surface area (Å²) in [5.41, 5.74) is -0.0706. The first kappa shape index (κ1) is 22.0. The number of carboxylic acid groups (broad SMARTS) is 1. The van der Waals surface area contributed by atoms with Crippen LogP contribution in [0.2, 0.25) is 0 Å². The number of hydrogen-bond donors (Lipinski definition) is 3. The number of aromatic hydroxyl groups is 1. The van der Waals surface area contributed by atoms with E-state index in [1.165, 1.54) is 6.08 Å². The van der Waals surface area contributed by atoms with Crippen molar-refractivity contribution < 1.29 is 24.5 Å². The number of benzene rings is 2. The van der Waals surface area contributed by atoms with Gasteiger partial charge in [-0.05, 0) is 40.2 Å². The topological polar surface area (TPSA) is 95.9 Å². The van der Waals surface area contributed by atoms with Gasteiger partial charge in [0.25, 0.3) is 0 Å². The summed E-state index contributed by atoms with van der Waals surface area (Å²) in [5.74, 6) is -1.22. The van der Waals surface area contributed by atoms with Gasteiger partial charge in [0, 0.05) is 27.2 Å². The lowest BCUT2D eigenvalue weighted by Crippen LogP contribution is -2.28. The lowest BCUT2D eigenvalue weighted by molar-refractivity contribution is -0.131. The first-order valence-electron chi connectivity index (χ1n) is 8.23. The zero-order valence-electron chi connectivity index (χ0n) is 15.1. The molecule has 6 nitrogen and oxygen atoms in total. The number of phenols is 1. The highest BCUT2D eigenvalue weighted by molar-refractivity contribution is 9.11. The molecule has 1 atom stereocenters. The van der Waals surface area contributed by atoms with E-state index < -0.39 is 23.6 Å². The third-order valence-corrected chi connectivity index (χ3v) is 4.98. The highest BCUT2D eigenvalue weighted by Crippen LogP contribution is 2.45. The molecular weight excluding hydrogens is 494 g/mol. The van der Waals surface area contributed by atoms with Crippen LogP contribution in [0.1, 0.15) is 25.5 Å². The highest BCUT2D eigenvalue weighted by Gasteiger charge is 2.35. The first-order chi connectivity index (χ1) is 13.1. The van der Waals surface area contributed by atoms with Crippen molar-refractivity contribution in [1.82, 2.24) is 0 Å². The minimum atomic E-state index is -1.12. The van der Waals surface area contributed by atoms with Gasteiger partial charge >= 0.3 is 12.1 Å². The van der Waals surface area contributed by atoms with E-state index in [0.717, 1.165) is 6.08 Å². The van der Waals surface area contributed by atoms with E-state index in [1.807, 2.05) is 6.07 Å². The van der Waals surface area contributed by atoms with Crippen molar-refractivity contribution in [1.29, 1.82) is 0 Å². The van der Waals surface area contributed by atoms with E-state index in [1.54, 1.807) is 50.2 Å². The molecule has 0 aliphatic carbocycles. The zero-order valence-corrected chi connectivity index (χ0v) is 18.3. The van der Waals surface area contributed by atoms with Crippen LogP contribution >= 0.6 is 31.9 Å². The maximum absolute atomic E-state index is 12.5. The van der Waals surface area contributed by atoms with Crippen LogP contribution in [-0.2, 0) is 9.53 Å². The van der Waals surface area contributed by atoms with Crippen LogP contribution in [0.15, 0.2) is 63.6 Å². The van der Waals surface area contributed by atoms with E-state index in [2.05, 4.69) is 37.2 Å². The molecule has 2 aromatic carbocycles. The Bertz CT molecular complexity index is 897. The molecule has 28 heavy (non-hydrogen) atoms. The molecule has 0 aliphatic heterocycles.